The molecule has 0 N–H and O–H groups in total. The van der Waals surface area contributed by atoms with Crippen molar-refractivity contribution in [1.82, 2.24) is 0 Å². The first kappa shape index (κ1) is 19.8. The van der Waals surface area contributed by atoms with Crippen LogP contribution >= 0.6 is 0 Å². The molecule has 11 heteroatoms. The van der Waals surface area contributed by atoms with Crippen molar-refractivity contribution in [2.24, 2.45) is 7.05 Å². The molecule has 3 rings (SSSR count). The lowest BCUT2D eigenvalue weighted by Gasteiger charge is -2.33. The second-order valence-corrected chi connectivity index (χ2v) is 7.41. The molecule has 1 aromatic carbocycles. The Balaban J connectivity index is 1.99. The van der Waals surface area contributed by atoms with Gasteiger partial charge in [-0.2, -0.15) is 0 Å². The minimum absolute atomic E-state index is 0.150. The van der Waals surface area contributed by atoms with Crippen molar-refractivity contribution < 1.29 is 4.57 Å². The summed E-state index contributed by atoms with van der Waals surface area (Å²) in [6.07, 6.45) is 1.53. The predicted octanol–water partition coefficient (Wildman–Crippen LogP) is -1.39. The van der Waals surface area contributed by atoms with Crippen LogP contribution in [-0.2, 0) is 7.05 Å². The molecule has 1 nitrogen and oxygen atoms in total. The lowest BCUT2D eigenvalue weighted by molar-refractivity contribution is -0.653. The van der Waals surface area contributed by atoms with Crippen molar-refractivity contribution in [2.45, 2.75) is 17.9 Å². The molecule has 0 aliphatic carbocycles. The van der Waals surface area contributed by atoms with Crippen molar-refractivity contribution in [2.75, 3.05) is 0 Å². The largest absolute Gasteiger partial charge is 0.251 e. The molecule has 11 radical (unpaired) electrons. The van der Waals surface area contributed by atoms with Gasteiger partial charge in [-0.15, -0.1) is 5.11 Å². The molecule has 0 saturated carbocycles. The Morgan fingerprint density at radius 1 is 1.04 bits per heavy atom. The summed E-state index contributed by atoms with van der Waals surface area (Å²) >= 11 is 0. The summed E-state index contributed by atoms with van der Waals surface area (Å²) in [5.74, 6) is 0.232. The van der Waals surface area contributed by atoms with Crippen LogP contribution in [0.1, 0.15) is 6.92 Å². The standard InChI is InChI=1S/C15H15B10N/c1-11-15(23(17)18,24(21-16)25(19)20)22(11)14-9-8-13(10-26(14)2)12-6-4-3-5-7-12/h3-11H,1-2H3/q+1/t11-,15?/m1/s1. The molecule has 1 aliphatic rings. The monoisotopic (exact) mass is 319 g/mol. The number of rotatable bonds is 6. The highest BCUT2D eigenvalue weighted by atomic mass is 14.9. The number of pyridine rings is 1. The molecule has 1 aromatic heterocycles. The molecule has 1 unspecified atom stereocenters. The van der Waals surface area contributed by atoms with Gasteiger partial charge in [0.15, 0.2) is 6.20 Å². The summed E-state index contributed by atoms with van der Waals surface area (Å²) in [6.45, 7) is 1.48. The van der Waals surface area contributed by atoms with E-state index in [0.29, 0.717) is 0 Å². The number of hydrogen-bond donors (Lipinski definition) is 0. The average Bonchev–Trinajstić information content (AvgIpc) is 3.22. The SMILES string of the molecule is [B][B]B(B([B])[B])C1(B([B])[B])B(c2ccc(-c3ccccc3)c[n+]2C)[C@@H]1C. The maximum Gasteiger partial charge on any atom is 0.251 e. The van der Waals surface area contributed by atoms with Crippen molar-refractivity contribution in [3.63, 3.8) is 0 Å². The number of nitrogens with zero attached hydrogens (tertiary/aromatic N) is 1. The zero-order chi connectivity index (χ0) is 19.1. The molecule has 2 aromatic rings. The van der Waals surface area contributed by atoms with E-state index in [2.05, 4.69) is 42.0 Å². The van der Waals surface area contributed by atoms with Gasteiger partial charge in [0.05, 0.1) is 0 Å². The highest BCUT2D eigenvalue weighted by Gasteiger charge is 2.71. The fraction of sp³-hybridized carbons (Fsp3) is 0.267. The second kappa shape index (κ2) is 7.56. The second-order valence-electron chi connectivity index (χ2n) is 7.41. The Kier molecular flexibility index (Phi) is 5.75. The van der Waals surface area contributed by atoms with E-state index in [1.165, 1.54) is 5.56 Å². The molecule has 1 saturated heterocycles. The molecule has 0 spiro atoms. The van der Waals surface area contributed by atoms with E-state index < -0.39 is 18.0 Å². The molecular weight excluding hydrogens is 302 g/mol. The normalized spacial score (nSPS) is 21.2. The topological polar surface area (TPSA) is 3.88 Å². The third kappa shape index (κ3) is 3.10. The van der Waals surface area contributed by atoms with Crippen LogP contribution in [0, 0.1) is 0 Å². The van der Waals surface area contributed by atoms with Gasteiger partial charge in [-0.05, 0) is 17.7 Å². The van der Waals surface area contributed by atoms with Crippen LogP contribution in [0.3, 0.4) is 0 Å². The van der Waals surface area contributed by atoms with E-state index in [9.17, 15) is 0 Å². The van der Waals surface area contributed by atoms with E-state index in [4.69, 9.17) is 38.7 Å². The van der Waals surface area contributed by atoms with Crippen LogP contribution in [0.5, 0.6) is 0 Å². The summed E-state index contributed by atoms with van der Waals surface area (Å²) in [5, 5.41) is -0.436. The van der Waals surface area contributed by atoms with E-state index >= 15 is 0 Å². The minimum atomic E-state index is -0.601. The fourth-order valence-corrected chi connectivity index (χ4v) is 4.74. The van der Waals surface area contributed by atoms with Crippen LogP contribution in [-0.4, -0.2) is 71.8 Å². The first-order valence-corrected chi connectivity index (χ1v) is 8.98. The molecule has 1 fully saturated rings. The third-order valence-corrected chi connectivity index (χ3v) is 6.09. The number of aryl methyl sites for hydroxylation is 1. The predicted molar refractivity (Wildman–Crippen MR) is 122 cm³/mol. The Bertz CT molecular complexity index is 770. The Morgan fingerprint density at radius 3 is 2.19 bits per heavy atom. The first-order chi connectivity index (χ1) is 12.4. The van der Waals surface area contributed by atoms with Crippen LogP contribution in [0.15, 0.2) is 48.7 Å². The van der Waals surface area contributed by atoms with Crippen LogP contribution < -0.4 is 10.2 Å². The van der Waals surface area contributed by atoms with E-state index in [-0.39, 0.29) is 19.0 Å². The fourth-order valence-electron chi connectivity index (χ4n) is 4.74. The molecule has 2 heterocycles. The third-order valence-electron chi connectivity index (χ3n) is 6.09. The smallest absolute Gasteiger partial charge is 0.214 e. The summed E-state index contributed by atoms with van der Waals surface area (Å²) < 4.78 is 2.14. The minimum Gasteiger partial charge on any atom is -0.214 e. The molecule has 0 amide bonds. The van der Waals surface area contributed by atoms with E-state index in [1.807, 2.05) is 25.2 Å². The van der Waals surface area contributed by atoms with Crippen molar-refractivity contribution in [3.8, 4) is 11.1 Å². The highest BCUT2D eigenvalue weighted by Crippen LogP contribution is 2.64. The zero-order valence-electron chi connectivity index (χ0n) is 15.4. The van der Waals surface area contributed by atoms with E-state index in [0.717, 1.165) is 11.2 Å². The summed E-state index contributed by atoms with van der Waals surface area (Å²) in [6, 6.07) is 14.6. The quantitative estimate of drug-likeness (QED) is 0.456. The summed E-state index contributed by atoms with van der Waals surface area (Å²) in [4.78, 5) is 0. The van der Waals surface area contributed by atoms with Crippen molar-refractivity contribution >= 4 is 77.4 Å². The first-order valence-electron chi connectivity index (χ1n) is 8.98. The number of benzene rings is 1. The van der Waals surface area contributed by atoms with Gasteiger partial charge in [-0.25, -0.2) is 4.57 Å². The number of aromatic nitrogens is 1. The Morgan fingerprint density at radius 2 is 1.69 bits per heavy atom. The van der Waals surface area contributed by atoms with Gasteiger partial charge in [0, 0.05) is 70.7 Å². The summed E-state index contributed by atoms with van der Waals surface area (Å²) in [7, 11) is 33.9. The van der Waals surface area contributed by atoms with Gasteiger partial charge in [0.1, 0.15) is 12.6 Å². The van der Waals surface area contributed by atoms with Gasteiger partial charge in [0.2, 0.25) is 0 Å². The van der Waals surface area contributed by atoms with Crippen LogP contribution in [0.4, 0.5) is 0 Å². The summed E-state index contributed by atoms with van der Waals surface area (Å²) in [5.41, 5.74) is 3.49. The van der Waals surface area contributed by atoms with Crippen molar-refractivity contribution in [1.29, 1.82) is 0 Å². The van der Waals surface area contributed by atoms with E-state index in [1.54, 1.807) is 7.06 Å². The maximum absolute atomic E-state index is 6.22. The highest BCUT2D eigenvalue weighted by molar-refractivity contribution is 7.76. The molecule has 1 aliphatic heterocycles. The van der Waals surface area contributed by atoms with Gasteiger partial charge in [0.25, 0.3) is 6.71 Å². The zero-order valence-corrected chi connectivity index (χ0v) is 15.4. The number of hydrogen-bond acceptors (Lipinski definition) is 0. The van der Waals surface area contributed by atoms with Gasteiger partial charge in [-0.1, -0.05) is 43.1 Å². The van der Waals surface area contributed by atoms with Gasteiger partial charge < -0.3 is 0 Å². The van der Waals surface area contributed by atoms with Crippen molar-refractivity contribution in [3.05, 3.63) is 48.7 Å². The maximum atomic E-state index is 6.22. The molecule has 0 bridgehead atoms. The van der Waals surface area contributed by atoms with Crippen LogP contribution in [0.2, 0.25) is 10.9 Å². The average molecular weight is 317 g/mol. The molecule has 109 valence electrons. The Labute approximate surface area is 166 Å². The lowest BCUT2D eigenvalue weighted by Crippen LogP contribution is -2.59. The van der Waals surface area contributed by atoms with Gasteiger partial charge in [-0.3, -0.25) is 0 Å². The Hall–Kier alpha value is -0.981. The molecule has 2 atom stereocenters. The van der Waals surface area contributed by atoms with Crippen LogP contribution in [0.25, 0.3) is 11.1 Å². The molecular formula is C15H15B10N+. The van der Waals surface area contributed by atoms with Gasteiger partial charge >= 0.3 is 0 Å². The lowest BCUT2D eigenvalue weighted by atomic mass is 8.73. The molecule has 26 heavy (non-hydrogen) atoms.